The van der Waals surface area contributed by atoms with Gasteiger partial charge in [0.05, 0.1) is 0 Å². The van der Waals surface area contributed by atoms with Crippen LogP contribution in [0.2, 0.25) is 5.02 Å². The summed E-state index contributed by atoms with van der Waals surface area (Å²) in [7, 11) is 0. The summed E-state index contributed by atoms with van der Waals surface area (Å²) in [6.07, 6.45) is 0. The zero-order valence-electron chi connectivity index (χ0n) is 6.03. The van der Waals surface area contributed by atoms with Crippen LogP contribution in [0, 0.1) is 0 Å². The average Bonchev–Trinajstić information content (AvgIpc) is 2.58. The first-order valence-electron chi connectivity index (χ1n) is 3.36. The Bertz CT molecular complexity index is 341. The van der Waals surface area contributed by atoms with Crippen molar-refractivity contribution in [2.45, 2.75) is 0 Å². The lowest BCUT2D eigenvalue weighted by Gasteiger charge is -1.92. The van der Waals surface area contributed by atoms with Gasteiger partial charge in [0.1, 0.15) is 5.10 Å². The highest BCUT2D eigenvalue weighted by Crippen LogP contribution is 2.10. The standard InChI is InChI=1S/C7H5ClN4/c8-6-3-1-5(2-4-6)7-9-11-12-10-7/h1-4H,(H,9,10,11)/q+1. The summed E-state index contributed by atoms with van der Waals surface area (Å²) in [6, 6.07) is 7.29. The molecule has 5 heteroatoms. The Labute approximate surface area is 73.9 Å². The Morgan fingerprint density at radius 3 is 2.58 bits per heavy atom. The van der Waals surface area contributed by atoms with E-state index in [1.165, 1.54) is 0 Å². The van der Waals surface area contributed by atoms with Crippen LogP contribution < -0.4 is 10.6 Å². The lowest BCUT2D eigenvalue weighted by atomic mass is 10.2. The van der Waals surface area contributed by atoms with E-state index in [9.17, 15) is 0 Å². The molecule has 2 rings (SSSR count). The van der Waals surface area contributed by atoms with Gasteiger partial charge >= 0.3 is 5.84 Å². The number of hydrogen-bond acceptors (Lipinski definition) is 4. The van der Waals surface area contributed by atoms with Crippen LogP contribution in [0.1, 0.15) is 5.56 Å². The van der Waals surface area contributed by atoms with E-state index < -0.39 is 0 Å². The van der Waals surface area contributed by atoms with E-state index in [4.69, 9.17) is 11.6 Å². The zero-order chi connectivity index (χ0) is 8.39. The van der Waals surface area contributed by atoms with Crippen molar-refractivity contribution in [2.75, 3.05) is 0 Å². The molecule has 0 saturated heterocycles. The molecule has 4 nitrogen and oxygen atoms in total. The first kappa shape index (κ1) is 7.24. The Balaban J connectivity index is 2.30. The van der Waals surface area contributed by atoms with Crippen LogP contribution in [-0.4, -0.2) is 5.84 Å². The van der Waals surface area contributed by atoms with E-state index in [-0.39, 0.29) is 0 Å². The molecule has 59 valence electrons. The fourth-order valence-electron chi connectivity index (χ4n) is 0.889. The number of hydrogen-bond donors (Lipinski definition) is 1. The van der Waals surface area contributed by atoms with E-state index in [2.05, 4.69) is 21.0 Å². The molecule has 0 saturated carbocycles. The molecule has 0 spiro atoms. The van der Waals surface area contributed by atoms with E-state index >= 15 is 0 Å². The maximum Gasteiger partial charge on any atom is 0.316 e. The Kier molecular flexibility index (Phi) is 1.75. The number of nitrogens with zero attached hydrogens (tertiary/aromatic N) is 3. The highest BCUT2D eigenvalue weighted by molar-refractivity contribution is 6.30. The maximum atomic E-state index is 5.71. The molecular weight excluding hydrogens is 176 g/mol. The number of rotatable bonds is 1. The molecule has 0 amide bonds. The Hall–Kier alpha value is -1.42. The third kappa shape index (κ3) is 1.29. The van der Waals surface area contributed by atoms with Gasteiger partial charge in [-0.2, -0.15) is 0 Å². The summed E-state index contributed by atoms with van der Waals surface area (Å²) in [6.45, 7) is 0. The summed E-state index contributed by atoms with van der Waals surface area (Å²) in [5.74, 6) is 0.645. The molecule has 1 aliphatic rings. The molecule has 0 unspecified atom stereocenters. The number of amidine groups is 1. The number of nitrogens with one attached hydrogen (secondary N) is 1. The van der Waals surface area contributed by atoms with Crippen molar-refractivity contribution in [2.24, 2.45) is 10.3 Å². The molecular formula is C7H5ClN4+. The Morgan fingerprint density at radius 1 is 1.25 bits per heavy atom. The molecule has 1 aromatic carbocycles. The van der Waals surface area contributed by atoms with Crippen LogP contribution in [-0.2, 0) is 0 Å². The van der Waals surface area contributed by atoms with Gasteiger partial charge in [0.25, 0.3) is 0 Å². The van der Waals surface area contributed by atoms with Gasteiger partial charge in [0.15, 0.2) is 5.22 Å². The third-order valence-corrected chi connectivity index (χ3v) is 1.71. The van der Waals surface area contributed by atoms with Gasteiger partial charge in [-0.1, -0.05) is 11.6 Å². The molecule has 1 aliphatic heterocycles. The van der Waals surface area contributed by atoms with Crippen molar-refractivity contribution in [1.29, 1.82) is 0 Å². The summed E-state index contributed by atoms with van der Waals surface area (Å²) < 4.78 is 0. The fourth-order valence-corrected chi connectivity index (χ4v) is 1.02. The third-order valence-electron chi connectivity index (χ3n) is 1.46. The van der Waals surface area contributed by atoms with Crippen molar-refractivity contribution in [3.63, 3.8) is 0 Å². The van der Waals surface area contributed by atoms with Crippen molar-refractivity contribution < 1.29 is 0 Å². The minimum atomic E-state index is 0.645. The van der Waals surface area contributed by atoms with Crippen LogP contribution in [0.4, 0.5) is 0 Å². The zero-order valence-corrected chi connectivity index (χ0v) is 6.78. The number of halogens is 1. The molecule has 0 aromatic heterocycles. The summed E-state index contributed by atoms with van der Waals surface area (Å²) >= 11 is 5.71. The van der Waals surface area contributed by atoms with Crippen molar-refractivity contribution in [1.82, 2.24) is 10.6 Å². The van der Waals surface area contributed by atoms with Crippen LogP contribution in [0.15, 0.2) is 34.6 Å². The molecule has 1 N–H and O–H groups in total. The topological polar surface area (TPSA) is 50.9 Å². The normalized spacial score (nSPS) is 14.2. The largest absolute Gasteiger partial charge is 0.316 e. The molecule has 0 aliphatic carbocycles. The first-order chi connectivity index (χ1) is 5.86. The molecule has 1 radical (unpaired) electrons. The predicted molar refractivity (Wildman–Crippen MR) is 45.7 cm³/mol. The molecule has 1 heterocycles. The van der Waals surface area contributed by atoms with Crippen molar-refractivity contribution >= 4 is 17.4 Å². The summed E-state index contributed by atoms with van der Waals surface area (Å²) in [5, 5.41) is 11.4. The van der Waals surface area contributed by atoms with Gasteiger partial charge in [-0.05, 0) is 24.3 Å². The monoisotopic (exact) mass is 180 g/mol. The second-order valence-electron chi connectivity index (χ2n) is 2.26. The van der Waals surface area contributed by atoms with Gasteiger partial charge in [-0.25, -0.2) is 0 Å². The maximum absolute atomic E-state index is 5.71. The molecule has 0 atom stereocenters. The van der Waals surface area contributed by atoms with E-state index in [1.54, 1.807) is 12.1 Å². The van der Waals surface area contributed by atoms with Gasteiger partial charge < -0.3 is 0 Å². The first-order valence-corrected chi connectivity index (χ1v) is 3.74. The highest BCUT2D eigenvalue weighted by Gasteiger charge is 2.16. The fraction of sp³-hybridized carbons (Fsp3) is 0. The van der Waals surface area contributed by atoms with E-state index in [0.29, 0.717) is 10.9 Å². The summed E-state index contributed by atoms with van der Waals surface area (Å²) in [4.78, 5) is 0. The van der Waals surface area contributed by atoms with Crippen LogP contribution >= 0.6 is 11.6 Å². The van der Waals surface area contributed by atoms with Crippen molar-refractivity contribution in [3.05, 3.63) is 34.9 Å². The predicted octanol–water partition coefficient (Wildman–Crippen LogP) is 1.31. The molecule has 0 bridgehead atoms. The average molecular weight is 181 g/mol. The molecule has 0 fully saturated rings. The smallest absolute Gasteiger partial charge is 0.118 e. The van der Waals surface area contributed by atoms with Gasteiger partial charge in [-0.15, -0.1) is 5.43 Å². The molecule has 1 aromatic rings. The second-order valence-corrected chi connectivity index (χ2v) is 2.69. The lowest BCUT2D eigenvalue weighted by Crippen LogP contribution is -2.20. The van der Waals surface area contributed by atoms with Gasteiger partial charge in [-0.3, -0.25) is 0 Å². The van der Waals surface area contributed by atoms with E-state index in [1.807, 2.05) is 12.1 Å². The molecule has 12 heavy (non-hydrogen) atoms. The van der Waals surface area contributed by atoms with Gasteiger partial charge in [0, 0.05) is 10.6 Å². The highest BCUT2D eigenvalue weighted by atomic mass is 35.5. The van der Waals surface area contributed by atoms with Crippen LogP contribution in [0.5, 0.6) is 0 Å². The van der Waals surface area contributed by atoms with Gasteiger partial charge in [0.2, 0.25) is 5.22 Å². The van der Waals surface area contributed by atoms with E-state index in [0.717, 1.165) is 5.56 Å². The number of benzene rings is 1. The summed E-state index contributed by atoms with van der Waals surface area (Å²) in [5.41, 5.74) is 3.58. The SMILES string of the molecule is Clc1ccc(C2=NN=[N+]N2)cc1. The van der Waals surface area contributed by atoms with Crippen LogP contribution in [0.3, 0.4) is 0 Å². The van der Waals surface area contributed by atoms with Crippen molar-refractivity contribution in [3.8, 4) is 0 Å². The quantitative estimate of drug-likeness (QED) is 0.696. The lowest BCUT2D eigenvalue weighted by molar-refractivity contribution is 0.818. The minimum Gasteiger partial charge on any atom is -0.118 e. The Morgan fingerprint density at radius 2 is 2.00 bits per heavy atom. The van der Waals surface area contributed by atoms with Crippen LogP contribution in [0.25, 0.3) is 0 Å². The minimum absolute atomic E-state index is 0.645. The second kappa shape index (κ2) is 2.91.